The third-order valence-electron chi connectivity index (χ3n) is 9.90. The van der Waals surface area contributed by atoms with Crippen molar-refractivity contribution in [3.05, 3.63) is 77.4 Å². The first-order chi connectivity index (χ1) is 19.5. The number of fused-ring (bicyclic) bond motifs is 3. The number of hydrogen-bond donors (Lipinski definition) is 2. The summed E-state index contributed by atoms with van der Waals surface area (Å²) >= 11 is 0. The first kappa shape index (κ1) is 25.3. The minimum absolute atomic E-state index is 0.0898. The van der Waals surface area contributed by atoms with Crippen LogP contribution in [0.5, 0.6) is 5.75 Å². The Morgan fingerprint density at radius 3 is 2.75 bits per heavy atom. The number of anilines is 1. The zero-order valence-corrected chi connectivity index (χ0v) is 23.7. The van der Waals surface area contributed by atoms with E-state index in [1.165, 1.54) is 43.5 Å². The molecule has 0 radical (unpaired) electrons. The number of ether oxygens (including phenoxy) is 1. The van der Waals surface area contributed by atoms with E-state index in [-0.39, 0.29) is 11.8 Å². The molecule has 1 saturated carbocycles. The normalized spacial score (nSPS) is 25.0. The van der Waals surface area contributed by atoms with Gasteiger partial charge < -0.3 is 15.0 Å². The summed E-state index contributed by atoms with van der Waals surface area (Å²) in [6, 6.07) is 21.4. The van der Waals surface area contributed by atoms with Crippen molar-refractivity contribution >= 4 is 22.5 Å². The van der Waals surface area contributed by atoms with Crippen molar-refractivity contribution in [1.29, 1.82) is 0 Å². The standard InChI is InChI=1S/C34H38N4O2/c1-21(23-5-4-15-38(2)16-14-23)17-22-6-8-24(9-7-22)32-27-12-10-25(18-31(27)36-37-32)29-20-34(29)28-19-26(40-3)11-13-30(28)35-33(34)39/h6-13,18-19,21,23,29H,4-5,14-17,20H2,1-3H3,(H,35,39)(H,36,37). The summed E-state index contributed by atoms with van der Waals surface area (Å²) in [5.74, 6) is 2.53. The van der Waals surface area contributed by atoms with Crippen LogP contribution < -0.4 is 10.1 Å². The molecule has 4 atom stereocenters. The van der Waals surface area contributed by atoms with Gasteiger partial charge in [0, 0.05) is 22.6 Å². The van der Waals surface area contributed by atoms with Crippen molar-refractivity contribution in [3.63, 3.8) is 0 Å². The lowest BCUT2D eigenvalue weighted by Crippen LogP contribution is -2.21. The molecule has 3 aliphatic rings. The van der Waals surface area contributed by atoms with Gasteiger partial charge in [-0.15, -0.1) is 0 Å². The number of rotatable bonds is 6. The van der Waals surface area contributed by atoms with Crippen molar-refractivity contribution in [1.82, 2.24) is 15.1 Å². The third-order valence-corrected chi connectivity index (χ3v) is 9.90. The monoisotopic (exact) mass is 534 g/mol. The zero-order valence-electron chi connectivity index (χ0n) is 23.7. The summed E-state index contributed by atoms with van der Waals surface area (Å²) in [6.07, 6.45) is 5.91. The molecular weight excluding hydrogens is 496 g/mol. The van der Waals surface area contributed by atoms with E-state index in [1.54, 1.807) is 7.11 Å². The molecule has 1 spiro atoms. The molecule has 1 aliphatic carbocycles. The van der Waals surface area contributed by atoms with Gasteiger partial charge in [-0.25, -0.2) is 0 Å². The van der Waals surface area contributed by atoms with Crippen molar-refractivity contribution in [3.8, 4) is 17.0 Å². The minimum Gasteiger partial charge on any atom is -0.497 e. The van der Waals surface area contributed by atoms with E-state index in [9.17, 15) is 4.79 Å². The molecule has 2 fully saturated rings. The maximum Gasteiger partial charge on any atom is 0.235 e. The Hall–Kier alpha value is -3.64. The molecule has 1 aromatic heterocycles. The number of amides is 1. The number of nitrogens with zero attached hydrogens (tertiary/aromatic N) is 2. The Balaban J connectivity index is 1.09. The van der Waals surface area contributed by atoms with E-state index in [0.29, 0.717) is 5.92 Å². The fourth-order valence-corrected chi connectivity index (χ4v) is 7.34. The molecule has 40 heavy (non-hydrogen) atoms. The summed E-state index contributed by atoms with van der Waals surface area (Å²) in [5, 5.41) is 12.2. The second-order valence-corrected chi connectivity index (χ2v) is 12.3. The lowest BCUT2D eigenvalue weighted by Gasteiger charge is -2.22. The number of hydrogen-bond acceptors (Lipinski definition) is 4. The lowest BCUT2D eigenvalue weighted by molar-refractivity contribution is -0.118. The van der Waals surface area contributed by atoms with Crippen LogP contribution in [-0.4, -0.2) is 48.3 Å². The molecule has 3 aromatic carbocycles. The van der Waals surface area contributed by atoms with Crippen LogP contribution in [0.1, 0.15) is 55.2 Å². The Bertz CT molecular complexity index is 1570. The number of nitrogens with one attached hydrogen (secondary N) is 2. The van der Waals surface area contributed by atoms with Gasteiger partial charge in [-0.3, -0.25) is 9.89 Å². The highest BCUT2D eigenvalue weighted by atomic mass is 16.5. The fourth-order valence-electron chi connectivity index (χ4n) is 7.34. The van der Waals surface area contributed by atoms with Crippen LogP contribution in [0.25, 0.3) is 22.2 Å². The van der Waals surface area contributed by atoms with Gasteiger partial charge >= 0.3 is 0 Å². The van der Waals surface area contributed by atoms with E-state index in [1.807, 2.05) is 18.2 Å². The van der Waals surface area contributed by atoms with E-state index in [2.05, 4.69) is 71.8 Å². The second-order valence-electron chi connectivity index (χ2n) is 12.3. The summed E-state index contributed by atoms with van der Waals surface area (Å²) in [6.45, 7) is 4.88. The van der Waals surface area contributed by atoms with E-state index in [0.717, 1.165) is 57.9 Å². The number of methoxy groups -OCH3 is 1. The number of carbonyl (C=O) groups excluding carboxylic acids is 1. The van der Waals surface area contributed by atoms with Gasteiger partial charge in [0.05, 0.1) is 23.7 Å². The Kier molecular flexibility index (Phi) is 6.19. The molecule has 2 aliphatic heterocycles. The van der Waals surface area contributed by atoms with Crippen LogP contribution >= 0.6 is 0 Å². The van der Waals surface area contributed by atoms with E-state index < -0.39 is 5.41 Å². The molecule has 4 unspecified atom stereocenters. The van der Waals surface area contributed by atoms with Crippen LogP contribution in [0, 0.1) is 11.8 Å². The molecular formula is C34H38N4O2. The van der Waals surface area contributed by atoms with E-state index in [4.69, 9.17) is 9.84 Å². The summed E-state index contributed by atoms with van der Waals surface area (Å²) < 4.78 is 5.45. The molecule has 6 heteroatoms. The summed E-state index contributed by atoms with van der Waals surface area (Å²) in [7, 11) is 3.91. The van der Waals surface area contributed by atoms with Crippen LogP contribution in [0.4, 0.5) is 5.69 Å². The highest BCUT2D eigenvalue weighted by molar-refractivity contribution is 6.10. The molecule has 1 amide bonds. The van der Waals surface area contributed by atoms with Gasteiger partial charge in [0.2, 0.25) is 5.91 Å². The Labute approximate surface area is 236 Å². The molecule has 0 bridgehead atoms. The molecule has 6 nitrogen and oxygen atoms in total. The first-order valence-corrected chi connectivity index (χ1v) is 14.7. The van der Waals surface area contributed by atoms with Crippen LogP contribution in [0.15, 0.2) is 60.7 Å². The first-order valence-electron chi connectivity index (χ1n) is 14.7. The van der Waals surface area contributed by atoms with Crippen molar-refractivity contribution in [2.45, 2.75) is 50.4 Å². The maximum atomic E-state index is 13.1. The van der Waals surface area contributed by atoms with Crippen molar-refractivity contribution < 1.29 is 9.53 Å². The average Bonchev–Trinajstić information content (AvgIpc) is 3.57. The molecule has 1 saturated heterocycles. The molecule has 206 valence electrons. The van der Waals surface area contributed by atoms with Crippen LogP contribution in [-0.2, 0) is 16.6 Å². The predicted molar refractivity (Wildman–Crippen MR) is 160 cm³/mol. The maximum absolute atomic E-state index is 13.1. The molecule has 7 rings (SSSR count). The summed E-state index contributed by atoms with van der Waals surface area (Å²) in [4.78, 5) is 15.6. The largest absolute Gasteiger partial charge is 0.497 e. The van der Waals surface area contributed by atoms with Gasteiger partial charge in [0.15, 0.2) is 0 Å². The minimum atomic E-state index is -0.500. The number of aromatic nitrogens is 2. The highest BCUT2D eigenvalue weighted by Crippen LogP contribution is 2.65. The second kappa shape index (κ2) is 9.77. The van der Waals surface area contributed by atoms with Gasteiger partial charge in [-0.2, -0.15) is 5.10 Å². The Morgan fingerprint density at radius 2 is 1.93 bits per heavy atom. The number of carbonyl (C=O) groups is 1. The van der Waals surface area contributed by atoms with Crippen LogP contribution in [0.2, 0.25) is 0 Å². The van der Waals surface area contributed by atoms with Gasteiger partial charge in [-0.1, -0.05) is 43.3 Å². The van der Waals surface area contributed by atoms with Crippen molar-refractivity contribution in [2.24, 2.45) is 11.8 Å². The third kappa shape index (κ3) is 4.21. The van der Waals surface area contributed by atoms with E-state index >= 15 is 0 Å². The quantitative estimate of drug-likeness (QED) is 0.295. The van der Waals surface area contributed by atoms with Crippen molar-refractivity contribution in [2.75, 3.05) is 32.6 Å². The van der Waals surface area contributed by atoms with Gasteiger partial charge in [0.1, 0.15) is 5.75 Å². The highest BCUT2D eigenvalue weighted by Gasteiger charge is 2.65. The van der Waals surface area contributed by atoms with Crippen LogP contribution in [0.3, 0.4) is 0 Å². The van der Waals surface area contributed by atoms with Gasteiger partial charge in [0.25, 0.3) is 0 Å². The molecule has 3 heterocycles. The number of H-pyrrole nitrogens is 1. The Morgan fingerprint density at radius 1 is 1.07 bits per heavy atom. The zero-order chi connectivity index (χ0) is 27.4. The predicted octanol–water partition coefficient (Wildman–Crippen LogP) is 6.53. The summed E-state index contributed by atoms with van der Waals surface area (Å²) in [5.41, 5.74) is 7.14. The SMILES string of the molecule is COc1ccc2c(c1)C1(CC1c1ccc3c(-c4ccc(CC(C)C5CCCN(C)CC5)cc4)n[nH]c3c1)C(=O)N2. The smallest absolute Gasteiger partial charge is 0.235 e. The molecule has 2 N–H and O–H groups in total. The number of aromatic amines is 1. The average molecular weight is 535 g/mol. The van der Waals surface area contributed by atoms with Gasteiger partial charge in [-0.05, 0) is 105 Å². The number of likely N-dealkylation sites (tertiary alicyclic amines) is 1. The molecule has 4 aromatic rings. The topological polar surface area (TPSA) is 70.2 Å². The fraction of sp³-hybridized carbons (Fsp3) is 0.412. The lowest BCUT2D eigenvalue weighted by atomic mass is 9.83. The number of benzene rings is 3.